The van der Waals surface area contributed by atoms with Gasteiger partial charge in [0.1, 0.15) is 23.3 Å². The minimum Gasteiger partial charge on any atom is -0.307 e. The zero-order valence-electron chi connectivity index (χ0n) is 36.9. The fourth-order valence-electron chi connectivity index (χ4n) is 11.2. The van der Waals surface area contributed by atoms with Gasteiger partial charge >= 0.3 is 0 Å². The number of fused-ring (bicyclic) bond motifs is 12. The molecule has 0 fully saturated rings. The fraction of sp³-hybridized carbons (Fsp3) is 0.273. The number of rotatable bonds is 4. The van der Waals surface area contributed by atoms with E-state index in [-0.39, 0.29) is 22.2 Å². The van der Waals surface area contributed by atoms with E-state index in [1.54, 1.807) is 0 Å². The van der Waals surface area contributed by atoms with Gasteiger partial charge in [-0.05, 0) is 172 Å². The molecule has 6 heteroatoms. The summed E-state index contributed by atoms with van der Waals surface area (Å²) in [7, 11) is 0. The van der Waals surface area contributed by atoms with Crippen LogP contribution in [0.2, 0.25) is 0 Å². The van der Waals surface area contributed by atoms with E-state index < -0.39 is 5.41 Å². The first-order chi connectivity index (χ1) is 29.1. The molecule has 7 aromatic rings. The highest BCUT2D eigenvalue weighted by Crippen LogP contribution is 2.64. The summed E-state index contributed by atoms with van der Waals surface area (Å²) in [5.74, 6) is 3.84. The van der Waals surface area contributed by atoms with Crippen molar-refractivity contribution < 1.29 is 0 Å². The van der Waals surface area contributed by atoms with Crippen LogP contribution in [0.25, 0.3) is 55.3 Å². The van der Waals surface area contributed by atoms with E-state index in [4.69, 9.17) is 20.0 Å². The third-order valence-electron chi connectivity index (χ3n) is 15.3. The second-order valence-electron chi connectivity index (χ2n) is 19.6. The molecule has 2 aromatic heterocycles. The van der Waals surface area contributed by atoms with Gasteiger partial charge in [0, 0.05) is 23.5 Å². The molecule has 11 rings (SSSR count). The normalized spacial score (nSPS) is 19.1. The second kappa shape index (κ2) is 12.3. The summed E-state index contributed by atoms with van der Waals surface area (Å²) in [6, 6.07) is 45.6. The highest BCUT2D eigenvalue weighted by Gasteiger charge is 2.53. The van der Waals surface area contributed by atoms with Crippen LogP contribution < -0.4 is 9.80 Å². The summed E-state index contributed by atoms with van der Waals surface area (Å²) in [6.07, 6.45) is 4.06. The summed E-state index contributed by atoms with van der Waals surface area (Å²) in [4.78, 5) is 24.7. The monoisotopic (exact) mass is 796 g/mol. The number of pyridine rings is 2. The van der Waals surface area contributed by atoms with Crippen LogP contribution in [0.4, 0.5) is 11.6 Å². The average molecular weight is 797 g/mol. The molecule has 61 heavy (non-hydrogen) atoms. The van der Waals surface area contributed by atoms with Crippen LogP contribution in [0.15, 0.2) is 144 Å². The molecule has 302 valence electrons. The molecule has 0 amide bonds. The van der Waals surface area contributed by atoms with Crippen molar-refractivity contribution in [3.63, 3.8) is 0 Å². The number of aliphatic imine (C=N–C) groups is 2. The van der Waals surface area contributed by atoms with Gasteiger partial charge in [0.15, 0.2) is 0 Å². The third kappa shape index (κ3) is 4.90. The van der Waals surface area contributed by atoms with E-state index in [0.717, 1.165) is 45.6 Å². The van der Waals surface area contributed by atoms with Crippen LogP contribution in [-0.2, 0) is 5.41 Å². The summed E-state index contributed by atoms with van der Waals surface area (Å²) >= 11 is 0. The lowest BCUT2D eigenvalue weighted by Gasteiger charge is -2.40. The molecule has 5 aromatic carbocycles. The molecule has 0 radical (unpaired) electrons. The molecule has 4 aliphatic rings. The minimum atomic E-state index is -0.500. The summed E-state index contributed by atoms with van der Waals surface area (Å²) in [6.45, 7) is 22.0. The summed E-state index contributed by atoms with van der Waals surface area (Å²) in [5, 5.41) is 2.48. The van der Waals surface area contributed by atoms with Gasteiger partial charge in [-0.25, -0.2) is 9.97 Å². The number of benzene rings is 5. The Kier molecular flexibility index (Phi) is 7.61. The number of aromatic nitrogens is 2. The predicted octanol–water partition coefficient (Wildman–Crippen LogP) is 12.9. The van der Waals surface area contributed by atoms with Crippen LogP contribution in [0.1, 0.15) is 91.5 Å². The topological polar surface area (TPSA) is 57.0 Å². The molecular formula is C55H52N6. The van der Waals surface area contributed by atoms with Gasteiger partial charge in [0.05, 0.1) is 27.6 Å². The second-order valence-corrected chi connectivity index (χ2v) is 19.6. The molecular weight excluding hydrogens is 745 g/mol. The average Bonchev–Trinajstić information content (AvgIpc) is 3.82. The summed E-state index contributed by atoms with van der Waals surface area (Å²) in [5.41, 5.74) is 13.6. The Morgan fingerprint density at radius 2 is 0.885 bits per heavy atom. The Hall–Kier alpha value is -6.40. The maximum absolute atomic E-state index is 5.09. The SMILES string of the molecule is CC1=NC(C)(C)C(C)(C)N1c1ccc(-c2ccc3c(c2)C2(c4ccccc4-c4ccccc42)c2c-3ccc3cc(-c4ccc(N5C(C)=NC(C)(C)C5(C)C)nc4)ccc23)cn1. The Morgan fingerprint density at radius 3 is 1.38 bits per heavy atom. The zero-order valence-corrected chi connectivity index (χ0v) is 36.9. The lowest BCUT2D eigenvalue weighted by molar-refractivity contribution is 0.337. The number of anilines is 2. The van der Waals surface area contributed by atoms with Gasteiger partial charge in [-0.3, -0.25) is 9.98 Å². The van der Waals surface area contributed by atoms with E-state index >= 15 is 0 Å². The molecule has 0 saturated carbocycles. The molecule has 2 aliphatic carbocycles. The van der Waals surface area contributed by atoms with Crippen LogP contribution in [0.5, 0.6) is 0 Å². The number of hydrogen-bond donors (Lipinski definition) is 0. The largest absolute Gasteiger partial charge is 0.307 e. The van der Waals surface area contributed by atoms with Crippen LogP contribution >= 0.6 is 0 Å². The Balaban J connectivity index is 1.04. The minimum absolute atomic E-state index is 0.195. The Morgan fingerprint density at radius 1 is 0.426 bits per heavy atom. The highest BCUT2D eigenvalue weighted by atomic mass is 15.4. The molecule has 0 atom stereocenters. The van der Waals surface area contributed by atoms with Gasteiger partial charge in [-0.15, -0.1) is 0 Å². The van der Waals surface area contributed by atoms with Crippen molar-refractivity contribution in [3.8, 4) is 44.5 Å². The van der Waals surface area contributed by atoms with Crippen LogP contribution in [0.3, 0.4) is 0 Å². The lowest BCUT2D eigenvalue weighted by Crippen LogP contribution is -2.53. The van der Waals surface area contributed by atoms with Gasteiger partial charge in [0.25, 0.3) is 0 Å². The molecule has 0 unspecified atom stereocenters. The van der Waals surface area contributed by atoms with Gasteiger partial charge in [0.2, 0.25) is 0 Å². The first-order valence-electron chi connectivity index (χ1n) is 21.6. The van der Waals surface area contributed by atoms with Crippen molar-refractivity contribution in [2.75, 3.05) is 9.80 Å². The van der Waals surface area contributed by atoms with Crippen molar-refractivity contribution in [3.05, 3.63) is 156 Å². The molecule has 1 spiro atoms. The zero-order chi connectivity index (χ0) is 42.4. The maximum Gasteiger partial charge on any atom is 0.134 e. The van der Waals surface area contributed by atoms with Gasteiger partial charge < -0.3 is 9.80 Å². The molecule has 2 aliphatic heterocycles. The number of amidine groups is 2. The van der Waals surface area contributed by atoms with E-state index in [1.807, 2.05) is 12.4 Å². The molecule has 0 N–H and O–H groups in total. The smallest absolute Gasteiger partial charge is 0.134 e. The molecule has 0 bridgehead atoms. The van der Waals surface area contributed by atoms with E-state index in [2.05, 4.69) is 200 Å². The van der Waals surface area contributed by atoms with Crippen molar-refractivity contribution in [2.24, 2.45) is 9.98 Å². The Bertz CT molecular complexity index is 3010. The predicted molar refractivity (Wildman–Crippen MR) is 254 cm³/mol. The lowest BCUT2D eigenvalue weighted by atomic mass is 9.69. The quantitative estimate of drug-likeness (QED) is 0.178. The standard InChI is InChI=1S/C55H52N6/c1-33-58-51(3,4)53(7,8)60(33)48-27-22-38(31-56-48)35-19-24-40-37(29-35)21-26-44-43-25-20-36(39-23-28-49(57-32-39)61-34(2)59-52(5,6)54(61,9)10)30-47(43)55(50(40)44)45-17-13-11-15-41(45)42-16-12-14-18-46(42)55/h11-32H,1-10H3. The van der Waals surface area contributed by atoms with Crippen molar-refractivity contribution in [1.29, 1.82) is 0 Å². The maximum atomic E-state index is 5.09. The van der Waals surface area contributed by atoms with Crippen LogP contribution in [-0.4, -0.2) is 43.8 Å². The highest BCUT2D eigenvalue weighted by molar-refractivity contribution is 6.05. The fourth-order valence-corrected chi connectivity index (χ4v) is 11.2. The first-order valence-corrected chi connectivity index (χ1v) is 21.6. The Labute approximate surface area is 359 Å². The van der Waals surface area contributed by atoms with Gasteiger partial charge in [-0.2, -0.15) is 0 Å². The number of nitrogens with zero attached hydrogens (tertiary/aromatic N) is 6. The van der Waals surface area contributed by atoms with Crippen LogP contribution in [0, 0.1) is 0 Å². The third-order valence-corrected chi connectivity index (χ3v) is 15.3. The van der Waals surface area contributed by atoms with Crippen molar-refractivity contribution >= 4 is 34.1 Å². The van der Waals surface area contributed by atoms with Gasteiger partial charge in [-0.1, -0.05) is 84.9 Å². The molecule has 4 heterocycles. The van der Waals surface area contributed by atoms with E-state index in [1.165, 1.54) is 55.3 Å². The molecule has 0 saturated heterocycles. The van der Waals surface area contributed by atoms with E-state index in [9.17, 15) is 0 Å². The number of hydrogen-bond acceptors (Lipinski definition) is 6. The van der Waals surface area contributed by atoms with Crippen molar-refractivity contribution in [2.45, 2.75) is 96.8 Å². The van der Waals surface area contributed by atoms with E-state index in [0.29, 0.717) is 0 Å². The molecule has 6 nitrogen and oxygen atoms in total. The summed E-state index contributed by atoms with van der Waals surface area (Å²) < 4.78 is 0. The first kappa shape index (κ1) is 37.6. The van der Waals surface area contributed by atoms with Crippen molar-refractivity contribution in [1.82, 2.24) is 9.97 Å².